The second-order valence-corrected chi connectivity index (χ2v) is 7.36. The van der Waals surface area contributed by atoms with E-state index in [9.17, 15) is 9.59 Å². The fraction of sp³-hybridized carbons (Fsp3) is 0.667. The molecule has 2 amide bonds. The van der Waals surface area contributed by atoms with Crippen LogP contribution in [0, 0.1) is 12.3 Å². The number of nitrogens with two attached hydrogens (primary N) is 1. The number of rotatable bonds is 4. The van der Waals surface area contributed by atoms with Crippen LogP contribution in [0.1, 0.15) is 43.5 Å². The molecule has 0 unspecified atom stereocenters. The van der Waals surface area contributed by atoms with Crippen LogP contribution in [0.5, 0.6) is 0 Å². The van der Waals surface area contributed by atoms with Crippen LogP contribution in [-0.2, 0) is 16.1 Å². The lowest BCUT2D eigenvalue weighted by atomic mass is 9.73. The van der Waals surface area contributed by atoms with Gasteiger partial charge in [-0.1, -0.05) is 0 Å². The van der Waals surface area contributed by atoms with Crippen LogP contribution < -0.4 is 5.73 Å². The Balaban J connectivity index is 1.69. The van der Waals surface area contributed by atoms with Gasteiger partial charge in [0.05, 0.1) is 24.1 Å². The molecule has 0 radical (unpaired) electrons. The van der Waals surface area contributed by atoms with Gasteiger partial charge in [0.25, 0.3) is 0 Å². The average Bonchev–Trinajstić information content (AvgIpc) is 2.61. The molecule has 3 heterocycles. The van der Waals surface area contributed by atoms with E-state index in [-0.39, 0.29) is 17.2 Å². The first-order valence-electron chi connectivity index (χ1n) is 9.04. The van der Waals surface area contributed by atoms with Gasteiger partial charge in [0, 0.05) is 50.6 Å². The lowest BCUT2D eigenvalue weighted by Gasteiger charge is -2.48. The Hall–Kier alpha value is -2.02. The van der Waals surface area contributed by atoms with Crippen LogP contribution in [-0.4, -0.2) is 57.8 Å². The number of nitrogens with zero attached hydrogens (tertiary/aromatic N) is 4. The predicted octanol–water partition coefficient (Wildman–Crippen LogP) is 0.865. The third-order valence-corrected chi connectivity index (χ3v) is 5.31. The highest BCUT2D eigenvalue weighted by molar-refractivity contribution is 5.78. The average molecular weight is 345 g/mol. The van der Waals surface area contributed by atoms with Crippen LogP contribution in [0.4, 0.5) is 0 Å². The summed E-state index contributed by atoms with van der Waals surface area (Å²) in [5.41, 5.74) is 7.21. The molecule has 1 aromatic rings. The molecule has 7 nitrogen and oxygen atoms in total. The van der Waals surface area contributed by atoms with Gasteiger partial charge in [-0.3, -0.25) is 19.6 Å². The minimum Gasteiger partial charge on any atom is -0.342 e. The molecule has 136 valence electrons. The highest BCUT2D eigenvalue weighted by Crippen LogP contribution is 2.39. The van der Waals surface area contributed by atoms with E-state index in [0.717, 1.165) is 43.7 Å². The van der Waals surface area contributed by atoms with E-state index < -0.39 is 0 Å². The molecule has 2 N–H and O–H groups in total. The number of carbonyl (C=O) groups is 2. The van der Waals surface area contributed by atoms with E-state index >= 15 is 0 Å². The summed E-state index contributed by atoms with van der Waals surface area (Å²) in [6.45, 7) is 5.00. The Morgan fingerprint density at radius 1 is 1.28 bits per heavy atom. The lowest BCUT2D eigenvalue weighted by molar-refractivity contribution is -0.143. The van der Waals surface area contributed by atoms with Crippen LogP contribution in [0.3, 0.4) is 0 Å². The number of amides is 2. The fourth-order valence-corrected chi connectivity index (χ4v) is 3.98. The molecule has 1 spiro atoms. The Labute approximate surface area is 148 Å². The molecule has 2 saturated heterocycles. The van der Waals surface area contributed by atoms with Crippen molar-refractivity contribution >= 4 is 11.8 Å². The molecule has 0 aromatic carbocycles. The van der Waals surface area contributed by atoms with Gasteiger partial charge in [0.15, 0.2) is 0 Å². The summed E-state index contributed by atoms with van der Waals surface area (Å²) in [6, 6.07) is 0. The van der Waals surface area contributed by atoms with Crippen molar-refractivity contribution in [1.82, 2.24) is 19.8 Å². The molecule has 2 fully saturated rings. The predicted molar refractivity (Wildman–Crippen MR) is 93.3 cm³/mol. The summed E-state index contributed by atoms with van der Waals surface area (Å²) in [5.74, 6) is 0.299. The summed E-state index contributed by atoms with van der Waals surface area (Å²) in [6.07, 6.45) is 7.31. The molecule has 1 atom stereocenters. The van der Waals surface area contributed by atoms with Crippen molar-refractivity contribution in [2.45, 2.75) is 45.6 Å². The van der Waals surface area contributed by atoms with Crippen molar-refractivity contribution in [2.75, 3.05) is 26.2 Å². The number of aromatic nitrogens is 2. The van der Waals surface area contributed by atoms with Crippen molar-refractivity contribution in [3.63, 3.8) is 0 Å². The number of likely N-dealkylation sites (tertiary alicyclic amines) is 2. The maximum atomic E-state index is 12.4. The lowest BCUT2D eigenvalue weighted by Crippen LogP contribution is -2.55. The minimum atomic E-state index is 0.00848. The third-order valence-electron chi connectivity index (χ3n) is 5.31. The van der Waals surface area contributed by atoms with Gasteiger partial charge in [0.2, 0.25) is 11.8 Å². The monoisotopic (exact) mass is 345 g/mol. The number of aryl methyl sites for hydroxylation is 1. The Bertz CT molecular complexity index is 633. The zero-order valence-electron chi connectivity index (χ0n) is 14.9. The standard InChI is InChI=1S/C18H27N5O2/c1-14-9-21-15(10-20-14)11-23-13-18(6-3-16(23)24)5-2-8-22(12-18)17(25)4-7-19/h9-10H,2-8,11-13,19H2,1H3/t18-/m0/s1. The molecule has 3 rings (SSSR count). The minimum absolute atomic E-state index is 0.00848. The van der Waals surface area contributed by atoms with Gasteiger partial charge in [-0.05, 0) is 26.2 Å². The molecule has 7 heteroatoms. The highest BCUT2D eigenvalue weighted by atomic mass is 16.2. The van der Waals surface area contributed by atoms with Crippen LogP contribution in [0.15, 0.2) is 12.4 Å². The van der Waals surface area contributed by atoms with Crippen molar-refractivity contribution in [2.24, 2.45) is 11.1 Å². The van der Waals surface area contributed by atoms with E-state index in [1.54, 1.807) is 12.4 Å². The molecule has 0 bridgehead atoms. The van der Waals surface area contributed by atoms with Gasteiger partial charge >= 0.3 is 0 Å². The molecule has 2 aliphatic rings. The molecular formula is C18H27N5O2. The second-order valence-electron chi connectivity index (χ2n) is 7.36. The van der Waals surface area contributed by atoms with Gasteiger partial charge in [-0.15, -0.1) is 0 Å². The molecule has 0 saturated carbocycles. The normalized spacial score (nSPS) is 24.0. The van der Waals surface area contributed by atoms with E-state index in [1.807, 2.05) is 16.7 Å². The summed E-state index contributed by atoms with van der Waals surface area (Å²) in [4.78, 5) is 37.1. The summed E-state index contributed by atoms with van der Waals surface area (Å²) in [5, 5.41) is 0. The van der Waals surface area contributed by atoms with Gasteiger partial charge < -0.3 is 15.5 Å². The molecular weight excluding hydrogens is 318 g/mol. The smallest absolute Gasteiger partial charge is 0.223 e. The first kappa shape index (κ1) is 17.8. The quantitative estimate of drug-likeness (QED) is 0.874. The van der Waals surface area contributed by atoms with E-state index in [4.69, 9.17) is 5.73 Å². The number of hydrogen-bond acceptors (Lipinski definition) is 5. The van der Waals surface area contributed by atoms with E-state index in [1.165, 1.54) is 0 Å². The maximum absolute atomic E-state index is 12.4. The van der Waals surface area contributed by atoms with Gasteiger partial charge in [0.1, 0.15) is 0 Å². The third kappa shape index (κ3) is 4.15. The number of carbonyl (C=O) groups excluding carboxylic acids is 2. The van der Waals surface area contributed by atoms with Crippen LogP contribution in [0.25, 0.3) is 0 Å². The van der Waals surface area contributed by atoms with Crippen molar-refractivity contribution in [1.29, 1.82) is 0 Å². The van der Waals surface area contributed by atoms with Crippen LogP contribution >= 0.6 is 0 Å². The Morgan fingerprint density at radius 3 is 2.84 bits per heavy atom. The summed E-state index contributed by atoms with van der Waals surface area (Å²) in [7, 11) is 0. The fourth-order valence-electron chi connectivity index (χ4n) is 3.98. The zero-order chi connectivity index (χ0) is 17.9. The summed E-state index contributed by atoms with van der Waals surface area (Å²) >= 11 is 0. The van der Waals surface area contributed by atoms with Crippen molar-refractivity contribution < 1.29 is 9.59 Å². The van der Waals surface area contributed by atoms with Crippen LogP contribution in [0.2, 0.25) is 0 Å². The second kappa shape index (κ2) is 7.47. The number of piperidine rings is 2. The summed E-state index contributed by atoms with van der Waals surface area (Å²) < 4.78 is 0. The van der Waals surface area contributed by atoms with E-state index in [2.05, 4.69) is 9.97 Å². The largest absolute Gasteiger partial charge is 0.342 e. The molecule has 1 aromatic heterocycles. The molecule has 2 aliphatic heterocycles. The Morgan fingerprint density at radius 2 is 2.12 bits per heavy atom. The van der Waals surface area contributed by atoms with Crippen molar-refractivity contribution in [3.05, 3.63) is 23.8 Å². The van der Waals surface area contributed by atoms with E-state index in [0.29, 0.717) is 32.5 Å². The van der Waals surface area contributed by atoms with Gasteiger partial charge in [-0.2, -0.15) is 0 Å². The SMILES string of the molecule is Cc1cnc(CN2C[C@@]3(CCCN(C(=O)CCN)C3)CCC2=O)cn1. The number of hydrogen-bond donors (Lipinski definition) is 1. The first-order chi connectivity index (χ1) is 12.0. The molecule has 0 aliphatic carbocycles. The molecule has 25 heavy (non-hydrogen) atoms. The topological polar surface area (TPSA) is 92.4 Å². The zero-order valence-corrected chi connectivity index (χ0v) is 14.9. The highest BCUT2D eigenvalue weighted by Gasteiger charge is 2.42. The Kier molecular flexibility index (Phi) is 5.32. The van der Waals surface area contributed by atoms with Gasteiger partial charge in [-0.25, -0.2) is 0 Å². The van der Waals surface area contributed by atoms with Crippen molar-refractivity contribution in [3.8, 4) is 0 Å². The first-order valence-corrected chi connectivity index (χ1v) is 9.04. The maximum Gasteiger partial charge on any atom is 0.223 e.